The summed E-state index contributed by atoms with van der Waals surface area (Å²) in [4.78, 5) is 4.64. The third-order valence-electron chi connectivity index (χ3n) is 19.8. The molecule has 12 aromatic carbocycles. The summed E-state index contributed by atoms with van der Waals surface area (Å²) in [6.07, 6.45) is 0. The number of nitrogens with zero attached hydrogens (tertiary/aromatic N) is 2. The van der Waals surface area contributed by atoms with Crippen LogP contribution in [0.15, 0.2) is 253 Å². The Morgan fingerprint density at radius 3 is 1.15 bits per heavy atom. The molecule has 15 rings (SSSR count). The zero-order valence-electron chi connectivity index (χ0n) is 56.5. The fraction of sp³-hybridized carbons (Fsp3) is 0.191. The second-order valence-corrected chi connectivity index (χ2v) is 31.2. The summed E-state index contributed by atoms with van der Waals surface area (Å²) >= 11 is 1.70. The van der Waals surface area contributed by atoms with Crippen molar-refractivity contribution in [1.82, 2.24) is 0 Å². The monoisotopic (exact) mass is 1280 g/mol. The Kier molecular flexibility index (Phi) is 14.8. The van der Waals surface area contributed by atoms with E-state index in [-0.39, 0.29) is 21.7 Å². The Bertz CT molecular complexity index is 5280. The normalized spacial score (nSPS) is 13.2. The van der Waals surface area contributed by atoms with Gasteiger partial charge >= 0.3 is 0 Å². The number of benzene rings is 12. The number of thiophene rings is 1. The van der Waals surface area contributed by atoms with E-state index in [4.69, 9.17) is 4.42 Å². The van der Waals surface area contributed by atoms with E-state index in [2.05, 4.69) is 275 Å². The van der Waals surface area contributed by atoms with E-state index in [9.17, 15) is 0 Å². The van der Waals surface area contributed by atoms with Crippen molar-refractivity contribution in [3.05, 3.63) is 311 Å². The van der Waals surface area contributed by atoms with Crippen LogP contribution in [0.4, 0.5) is 47.3 Å². The predicted octanol–water partition coefficient (Wildman–Crippen LogP) is 26.2. The summed E-state index contributed by atoms with van der Waals surface area (Å²) in [5.74, 6) is -1.32. The maximum absolute atomic E-state index is 17.0. The van der Waals surface area contributed by atoms with Gasteiger partial charge in [0.15, 0.2) is 0 Å². The smallest absolute Gasteiger partial charge is 0.145 e. The molecule has 3 nitrogen and oxygen atoms in total. The topological polar surface area (TPSA) is 19.6 Å². The zero-order chi connectivity index (χ0) is 67.0. The number of anilines is 6. The van der Waals surface area contributed by atoms with Crippen molar-refractivity contribution in [3.8, 4) is 33.4 Å². The molecule has 0 spiro atoms. The Labute approximate surface area is 565 Å². The summed E-state index contributed by atoms with van der Waals surface area (Å²) in [6, 6.07) is 84.4. The van der Waals surface area contributed by atoms with Crippen LogP contribution in [0.3, 0.4) is 0 Å². The molecule has 14 aromatic rings. The molecule has 2 aromatic heterocycles. The molecular formula is C89H77F3N2OS. The van der Waals surface area contributed by atoms with Crippen LogP contribution in [-0.4, -0.2) is 0 Å². The second kappa shape index (κ2) is 22.9. The zero-order valence-corrected chi connectivity index (χ0v) is 57.3. The molecular weight excluding hydrogens is 1200 g/mol. The lowest BCUT2D eigenvalue weighted by molar-refractivity contribution is 0.590. The second-order valence-electron chi connectivity index (χ2n) is 30.2. The molecule has 96 heavy (non-hydrogen) atoms. The average molecular weight is 1280 g/mol. The first kappa shape index (κ1) is 62.2. The van der Waals surface area contributed by atoms with Crippen LogP contribution in [0.25, 0.3) is 75.5 Å². The molecule has 0 fully saturated rings. The summed E-state index contributed by atoms with van der Waals surface area (Å²) in [7, 11) is 0. The van der Waals surface area contributed by atoms with Crippen LogP contribution in [-0.2, 0) is 27.1 Å². The molecule has 0 bridgehead atoms. The highest BCUT2D eigenvalue weighted by molar-refractivity contribution is 7.26. The van der Waals surface area contributed by atoms with Gasteiger partial charge < -0.3 is 14.2 Å². The van der Waals surface area contributed by atoms with Gasteiger partial charge in [-0.1, -0.05) is 223 Å². The highest BCUT2D eigenvalue weighted by Crippen LogP contribution is 2.65. The molecule has 0 saturated carbocycles. The van der Waals surface area contributed by atoms with Gasteiger partial charge in [0.2, 0.25) is 0 Å². The van der Waals surface area contributed by atoms with Gasteiger partial charge in [0.25, 0.3) is 0 Å². The lowest BCUT2D eigenvalue weighted by Crippen LogP contribution is -2.29. The van der Waals surface area contributed by atoms with Crippen molar-refractivity contribution in [2.24, 2.45) is 0 Å². The third-order valence-corrected chi connectivity index (χ3v) is 21.0. The van der Waals surface area contributed by atoms with Gasteiger partial charge in [0.05, 0.1) is 22.2 Å². The average Bonchev–Trinajstić information content (AvgIpc) is 1.50. The molecule has 1 aliphatic carbocycles. The molecule has 0 amide bonds. The van der Waals surface area contributed by atoms with E-state index in [0.717, 1.165) is 104 Å². The Morgan fingerprint density at radius 1 is 0.344 bits per heavy atom. The van der Waals surface area contributed by atoms with Crippen LogP contribution < -0.4 is 9.80 Å². The van der Waals surface area contributed by atoms with Gasteiger partial charge in [-0.2, -0.15) is 0 Å². The number of fused-ring (bicyclic) bond motifs is 11. The fourth-order valence-corrected chi connectivity index (χ4v) is 15.9. The number of hydrogen-bond donors (Lipinski definition) is 0. The highest BCUT2D eigenvalue weighted by Gasteiger charge is 2.51. The lowest BCUT2D eigenvalue weighted by atomic mass is 9.67. The van der Waals surface area contributed by atoms with Crippen molar-refractivity contribution < 1.29 is 17.6 Å². The van der Waals surface area contributed by atoms with Crippen molar-refractivity contribution >= 4 is 87.6 Å². The summed E-state index contributed by atoms with van der Waals surface area (Å²) < 4.78 is 59.6. The number of furan rings is 1. The minimum absolute atomic E-state index is 0.00308. The Balaban J connectivity index is 1.07. The first-order valence-corrected chi connectivity index (χ1v) is 34.1. The first-order valence-electron chi connectivity index (χ1n) is 33.3. The van der Waals surface area contributed by atoms with E-state index in [1.807, 2.05) is 18.2 Å². The Morgan fingerprint density at radius 2 is 0.719 bits per heavy atom. The summed E-state index contributed by atoms with van der Waals surface area (Å²) in [5, 5.41) is 3.53. The van der Waals surface area contributed by atoms with Crippen molar-refractivity contribution in [3.63, 3.8) is 0 Å². The predicted molar refractivity (Wildman–Crippen MR) is 399 cm³/mol. The van der Waals surface area contributed by atoms with E-state index in [0.29, 0.717) is 27.7 Å². The molecule has 0 N–H and O–H groups in total. The largest absolute Gasteiger partial charge is 0.455 e. The number of rotatable bonds is 10. The first-order chi connectivity index (χ1) is 45.8. The van der Waals surface area contributed by atoms with Crippen molar-refractivity contribution in [1.29, 1.82) is 0 Å². The van der Waals surface area contributed by atoms with E-state index < -0.39 is 22.9 Å². The molecule has 1 aliphatic rings. The lowest BCUT2D eigenvalue weighted by Gasteiger charge is -2.36. The molecule has 7 heteroatoms. The summed E-state index contributed by atoms with van der Waals surface area (Å²) in [6.45, 7) is 26.7. The quantitative estimate of drug-likeness (QED) is 0.136. The minimum Gasteiger partial charge on any atom is -0.455 e. The SMILES string of the molecule is CC(C)(C)c1ccc(-c2ccc(N(c3ccc(C(C)(C)C)cc3)c3cc4c(c5oc6cc(F)ccc6c35)-c3c(cc(N(c5ccc(-c6ccc(C(C)(C)C)cc6)cc5)c5ccc(C(C)(C)C)cc5)c5c3sc3ccccc35)C4(c3cccc(F)c3)c3cccc(F)c3)cc2)cc1. The number of hydrogen-bond acceptors (Lipinski definition) is 4. The van der Waals surface area contributed by atoms with Crippen LogP contribution in [0.2, 0.25) is 0 Å². The molecule has 0 radical (unpaired) electrons. The molecule has 0 aliphatic heterocycles. The van der Waals surface area contributed by atoms with E-state index >= 15 is 13.2 Å². The van der Waals surface area contributed by atoms with Crippen LogP contribution in [0, 0.1) is 17.5 Å². The minimum atomic E-state index is -1.45. The van der Waals surface area contributed by atoms with Gasteiger partial charge in [-0.3, -0.25) is 0 Å². The fourth-order valence-electron chi connectivity index (χ4n) is 14.6. The van der Waals surface area contributed by atoms with E-state index in [1.165, 1.54) is 46.5 Å². The maximum atomic E-state index is 17.0. The maximum Gasteiger partial charge on any atom is 0.145 e. The highest BCUT2D eigenvalue weighted by atomic mass is 32.1. The van der Waals surface area contributed by atoms with Gasteiger partial charge in [-0.25, -0.2) is 13.2 Å². The third kappa shape index (κ3) is 10.6. The van der Waals surface area contributed by atoms with Gasteiger partial charge in [-0.15, -0.1) is 11.3 Å². The van der Waals surface area contributed by atoms with Crippen LogP contribution in [0.1, 0.15) is 128 Å². The van der Waals surface area contributed by atoms with Crippen LogP contribution >= 0.6 is 11.3 Å². The van der Waals surface area contributed by atoms with Crippen molar-refractivity contribution in [2.45, 2.75) is 110 Å². The summed E-state index contributed by atoms with van der Waals surface area (Å²) in [5.41, 5.74) is 18.0. The van der Waals surface area contributed by atoms with Gasteiger partial charge in [0, 0.05) is 65.5 Å². The number of halogens is 3. The van der Waals surface area contributed by atoms with Gasteiger partial charge in [0.1, 0.15) is 28.6 Å². The van der Waals surface area contributed by atoms with E-state index in [1.54, 1.807) is 35.6 Å². The molecule has 0 unspecified atom stereocenters. The molecule has 2 heterocycles. The standard InChI is InChI=1S/C89H77F3N2OS/c1-85(2,3)58-31-23-54(24-32-58)56-27-40-67(41-28-56)93(69-44-35-60(36-45-69)87(7,8)9)75-52-73-81(83-79(75)71-48-39-66(92)51-77(71)95-83)82-74(89(73,62-17-15-19-64(90)49-62)63-18-16-20-65(91)50-63)53-76(80-72-21-13-14-22-78(72)96-84(80)82)94(70-46-37-61(38-47-70)88(10,11)12)68-42-29-57(30-43-68)55-25-33-59(34-26-55)86(4,5)6/h13-53H,1-12H3. The Hall–Kier alpha value is -9.95. The van der Waals surface area contributed by atoms with Crippen LogP contribution in [0.5, 0.6) is 0 Å². The molecule has 0 atom stereocenters. The van der Waals surface area contributed by atoms with Crippen molar-refractivity contribution in [2.75, 3.05) is 9.80 Å². The molecule has 0 saturated heterocycles. The molecule has 476 valence electrons. The van der Waals surface area contributed by atoms with Gasteiger partial charge in [-0.05, 0) is 192 Å².